The van der Waals surface area contributed by atoms with Crippen LogP contribution < -0.4 is 5.73 Å². The van der Waals surface area contributed by atoms with Gasteiger partial charge in [0.1, 0.15) is 34.8 Å². The molecule has 2 aromatic heterocycles. The zero-order chi connectivity index (χ0) is 28.3. The normalized spacial score (nSPS) is 16.0. The molecule has 202 valence electrons. The summed E-state index contributed by atoms with van der Waals surface area (Å²) in [7, 11) is 0. The lowest BCUT2D eigenvalue weighted by molar-refractivity contribution is -0.138. The SMILES string of the molecule is CC1(C)OC[C@@H](CCc2ccc(-c3c(C#N)c(N)nc(SCc4coc(-c5ccc(Cl)cc5)n4)c3C#N)cc2)O1. The van der Waals surface area contributed by atoms with E-state index in [1.807, 2.05) is 50.2 Å². The van der Waals surface area contributed by atoms with Gasteiger partial charge in [0.15, 0.2) is 5.79 Å². The number of aryl methyl sites for hydroxylation is 1. The van der Waals surface area contributed by atoms with Gasteiger partial charge in [-0.25, -0.2) is 9.97 Å². The molecule has 0 radical (unpaired) electrons. The first-order valence-corrected chi connectivity index (χ1v) is 14.0. The van der Waals surface area contributed by atoms with Crippen molar-refractivity contribution in [1.82, 2.24) is 9.97 Å². The zero-order valence-corrected chi connectivity index (χ0v) is 23.6. The van der Waals surface area contributed by atoms with Crippen molar-refractivity contribution in [3.63, 3.8) is 0 Å². The number of pyridine rings is 1. The molecule has 3 heterocycles. The molecule has 2 N–H and O–H groups in total. The van der Waals surface area contributed by atoms with Gasteiger partial charge in [0.2, 0.25) is 5.89 Å². The Morgan fingerprint density at radius 2 is 1.73 bits per heavy atom. The van der Waals surface area contributed by atoms with E-state index in [4.69, 9.17) is 31.2 Å². The Labute approximate surface area is 241 Å². The molecule has 0 spiro atoms. The molecule has 1 aliphatic heterocycles. The van der Waals surface area contributed by atoms with Gasteiger partial charge < -0.3 is 19.6 Å². The van der Waals surface area contributed by atoms with Crippen LogP contribution in [0.2, 0.25) is 5.02 Å². The number of nitrogens with zero attached hydrogens (tertiary/aromatic N) is 4. The van der Waals surface area contributed by atoms with Crippen LogP contribution in [0.3, 0.4) is 0 Å². The molecule has 5 rings (SSSR count). The monoisotopic (exact) mass is 571 g/mol. The maximum Gasteiger partial charge on any atom is 0.226 e. The highest BCUT2D eigenvalue weighted by atomic mass is 35.5. The van der Waals surface area contributed by atoms with Crippen LogP contribution in [0, 0.1) is 22.7 Å². The third kappa shape index (κ3) is 6.14. The van der Waals surface area contributed by atoms with Gasteiger partial charge in [0.05, 0.1) is 24.0 Å². The molecule has 0 aliphatic carbocycles. The van der Waals surface area contributed by atoms with E-state index < -0.39 is 5.79 Å². The van der Waals surface area contributed by atoms with Crippen LogP contribution in [0.5, 0.6) is 0 Å². The molecule has 0 amide bonds. The number of halogens is 1. The molecule has 0 unspecified atom stereocenters. The Hall–Kier alpha value is -3.86. The fraction of sp³-hybridized carbons (Fsp3) is 0.267. The van der Waals surface area contributed by atoms with Gasteiger partial charge >= 0.3 is 0 Å². The van der Waals surface area contributed by atoms with Crippen molar-refractivity contribution >= 4 is 29.2 Å². The van der Waals surface area contributed by atoms with Crippen molar-refractivity contribution in [2.24, 2.45) is 0 Å². The van der Waals surface area contributed by atoms with Crippen LogP contribution in [0.15, 0.2) is 64.2 Å². The van der Waals surface area contributed by atoms with Gasteiger partial charge in [-0.3, -0.25) is 0 Å². The first-order chi connectivity index (χ1) is 19.3. The summed E-state index contributed by atoms with van der Waals surface area (Å²) in [5, 5.41) is 21.0. The fourth-order valence-electron chi connectivity index (χ4n) is 4.50. The molecule has 1 atom stereocenters. The number of anilines is 1. The second kappa shape index (κ2) is 11.7. The van der Waals surface area contributed by atoms with Crippen LogP contribution in [0.4, 0.5) is 5.82 Å². The Balaban J connectivity index is 1.35. The molecule has 1 saturated heterocycles. The molecule has 1 fully saturated rings. The van der Waals surface area contributed by atoms with Crippen LogP contribution in [-0.4, -0.2) is 28.5 Å². The van der Waals surface area contributed by atoms with E-state index in [1.54, 1.807) is 18.4 Å². The minimum Gasteiger partial charge on any atom is -0.444 e. The summed E-state index contributed by atoms with van der Waals surface area (Å²) in [5.41, 5.74) is 10.5. The molecule has 40 heavy (non-hydrogen) atoms. The summed E-state index contributed by atoms with van der Waals surface area (Å²) in [6.07, 6.45) is 3.27. The number of hydrogen-bond donors (Lipinski definition) is 1. The summed E-state index contributed by atoms with van der Waals surface area (Å²) in [5.74, 6) is 0.397. The molecule has 0 saturated carbocycles. The van der Waals surface area contributed by atoms with Crippen molar-refractivity contribution in [3.8, 4) is 34.7 Å². The predicted molar refractivity (Wildman–Crippen MR) is 153 cm³/mol. The molecule has 10 heteroatoms. The van der Waals surface area contributed by atoms with Crippen LogP contribution in [0.1, 0.15) is 42.7 Å². The number of nitriles is 2. The lowest BCUT2D eigenvalue weighted by Crippen LogP contribution is -2.21. The predicted octanol–water partition coefficient (Wildman–Crippen LogP) is 6.76. The van der Waals surface area contributed by atoms with Crippen LogP contribution in [-0.2, 0) is 21.6 Å². The number of nitrogens with two attached hydrogens (primary N) is 1. The Bertz CT molecular complexity index is 1600. The smallest absolute Gasteiger partial charge is 0.226 e. The van der Waals surface area contributed by atoms with Crippen molar-refractivity contribution in [1.29, 1.82) is 10.5 Å². The van der Waals surface area contributed by atoms with E-state index in [2.05, 4.69) is 22.1 Å². The second-order valence-electron chi connectivity index (χ2n) is 9.78. The molecule has 8 nitrogen and oxygen atoms in total. The molecular weight excluding hydrogens is 546 g/mol. The highest BCUT2D eigenvalue weighted by molar-refractivity contribution is 7.98. The lowest BCUT2D eigenvalue weighted by atomic mass is 9.95. The van der Waals surface area contributed by atoms with E-state index in [9.17, 15) is 10.5 Å². The van der Waals surface area contributed by atoms with Gasteiger partial charge in [0.25, 0.3) is 0 Å². The third-order valence-corrected chi connectivity index (χ3v) is 7.74. The number of aromatic nitrogens is 2. The average Bonchev–Trinajstić information content (AvgIpc) is 3.56. The summed E-state index contributed by atoms with van der Waals surface area (Å²) in [6.45, 7) is 4.41. The van der Waals surface area contributed by atoms with Crippen molar-refractivity contribution < 1.29 is 13.9 Å². The van der Waals surface area contributed by atoms with E-state index in [1.165, 1.54) is 11.8 Å². The van der Waals surface area contributed by atoms with E-state index >= 15 is 0 Å². The van der Waals surface area contributed by atoms with E-state index in [-0.39, 0.29) is 17.5 Å². The first-order valence-electron chi connectivity index (χ1n) is 12.6. The molecule has 1 aliphatic rings. The number of rotatable bonds is 8. The quantitative estimate of drug-likeness (QED) is 0.228. The molecule has 2 aromatic carbocycles. The van der Waals surface area contributed by atoms with Gasteiger partial charge in [-0.2, -0.15) is 10.5 Å². The van der Waals surface area contributed by atoms with E-state index in [0.717, 1.165) is 29.5 Å². The minimum absolute atomic E-state index is 0.0524. The highest BCUT2D eigenvalue weighted by Crippen LogP contribution is 2.37. The van der Waals surface area contributed by atoms with Gasteiger partial charge in [-0.1, -0.05) is 47.6 Å². The Morgan fingerprint density at radius 3 is 2.38 bits per heavy atom. The van der Waals surface area contributed by atoms with Gasteiger partial charge in [0, 0.05) is 21.9 Å². The van der Waals surface area contributed by atoms with Gasteiger partial charge in [-0.15, -0.1) is 0 Å². The van der Waals surface area contributed by atoms with Crippen LogP contribution in [0.25, 0.3) is 22.6 Å². The highest BCUT2D eigenvalue weighted by Gasteiger charge is 2.32. The van der Waals surface area contributed by atoms with Crippen LogP contribution >= 0.6 is 23.4 Å². The topological polar surface area (TPSA) is 131 Å². The fourth-order valence-corrected chi connectivity index (χ4v) is 5.50. The standard InChI is InChI=1S/C30H26ClN5O3S/c1-30(2)38-16-23(39-30)12-5-18-3-6-19(7-4-18)26-24(13-32)27(34)36-29(25(26)14-33)40-17-22-15-37-28(35-22)20-8-10-21(31)11-9-20/h3-4,6-11,15,23H,5,12,16-17H2,1-2H3,(H2,34,36)/t23-/m1/s1. The van der Waals surface area contributed by atoms with Crippen molar-refractivity contribution in [2.75, 3.05) is 12.3 Å². The molecule has 4 aromatic rings. The van der Waals surface area contributed by atoms with Crippen molar-refractivity contribution in [3.05, 3.63) is 82.2 Å². The summed E-state index contributed by atoms with van der Waals surface area (Å²) in [4.78, 5) is 8.93. The largest absolute Gasteiger partial charge is 0.444 e. The molecule has 0 bridgehead atoms. The lowest BCUT2D eigenvalue weighted by Gasteiger charge is -2.17. The third-order valence-electron chi connectivity index (χ3n) is 6.48. The van der Waals surface area contributed by atoms with Crippen molar-refractivity contribution in [2.45, 2.75) is 49.4 Å². The number of ether oxygens (including phenoxy) is 2. The number of nitrogen functional groups attached to an aromatic ring is 1. The zero-order valence-electron chi connectivity index (χ0n) is 22.0. The maximum atomic E-state index is 10.1. The Morgan fingerprint density at radius 1 is 1.02 bits per heavy atom. The van der Waals surface area contributed by atoms with Gasteiger partial charge in [-0.05, 0) is 62.1 Å². The number of hydrogen-bond acceptors (Lipinski definition) is 9. The first kappa shape index (κ1) is 27.7. The summed E-state index contributed by atoms with van der Waals surface area (Å²) >= 11 is 7.28. The maximum absolute atomic E-state index is 10.1. The number of benzene rings is 2. The summed E-state index contributed by atoms with van der Waals surface area (Å²) in [6, 6.07) is 19.4. The molecular formula is C30H26ClN5O3S. The number of oxazole rings is 1. The second-order valence-corrected chi connectivity index (χ2v) is 11.2. The average molecular weight is 572 g/mol. The minimum atomic E-state index is -0.542. The van der Waals surface area contributed by atoms with E-state index in [0.29, 0.717) is 45.1 Å². The number of thioether (sulfide) groups is 1. The summed E-state index contributed by atoms with van der Waals surface area (Å²) < 4.78 is 17.2. The Kier molecular flexibility index (Phi) is 8.11.